The topological polar surface area (TPSA) is 26.0 Å². The van der Waals surface area contributed by atoms with Crippen molar-refractivity contribution >= 4 is 22.6 Å². The first-order valence-electron chi connectivity index (χ1n) is 6.65. The lowest BCUT2D eigenvalue weighted by molar-refractivity contribution is 0.228. The molecule has 2 heteroatoms. The minimum absolute atomic E-state index is 0.0540. The van der Waals surface area contributed by atoms with Crippen molar-refractivity contribution in [2.45, 2.75) is 51.0 Å². The lowest BCUT2D eigenvalue weighted by atomic mass is 9.73. The molecule has 0 bridgehead atoms. The van der Waals surface area contributed by atoms with Crippen LogP contribution in [0.2, 0.25) is 0 Å². The van der Waals surface area contributed by atoms with E-state index in [0.29, 0.717) is 0 Å². The van der Waals surface area contributed by atoms with E-state index in [0.717, 1.165) is 12.3 Å². The first-order valence-corrected chi connectivity index (χ1v) is 7.72. The molecule has 0 amide bonds. The first-order chi connectivity index (χ1) is 8.11. The molecular weight excluding hydrogens is 321 g/mol. The number of nitrogens with two attached hydrogens (primary N) is 1. The summed E-state index contributed by atoms with van der Waals surface area (Å²) in [6.45, 7) is 2.30. The Morgan fingerprint density at radius 2 is 1.82 bits per heavy atom. The smallest absolute Gasteiger partial charge is 0.0195 e. The number of benzene rings is 1. The minimum Gasteiger partial charge on any atom is -0.325 e. The monoisotopic (exact) mass is 343 g/mol. The molecule has 2 rings (SSSR count). The van der Waals surface area contributed by atoms with Gasteiger partial charge in [0.2, 0.25) is 0 Å². The Balaban J connectivity index is 1.96. The van der Waals surface area contributed by atoms with Crippen LogP contribution < -0.4 is 5.73 Å². The summed E-state index contributed by atoms with van der Waals surface area (Å²) in [6, 6.07) is 8.80. The molecular formula is C15H22IN. The standard InChI is InChI=1S/C15H22IN/c1-2-12-7-9-15(17,10-8-12)11-13-3-5-14(16)6-4-13/h3-6,12H,2,7-11,17H2,1H3. The fourth-order valence-corrected chi connectivity index (χ4v) is 3.21. The van der Waals surface area contributed by atoms with Gasteiger partial charge in [-0.2, -0.15) is 0 Å². The van der Waals surface area contributed by atoms with Crippen molar-refractivity contribution in [3.8, 4) is 0 Å². The minimum atomic E-state index is 0.0540. The van der Waals surface area contributed by atoms with Gasteiger partial charge in [0.25, 0.3) is 0 Å². The van der Waals surface area contributed by atoms with Gasteiger partial charge in [-0.1, -0.05) is 25.5 Å². The molecule has 1 aliphatic rings. The van der Waals surface area contributed by atoms with E-state index < -0.39 is 0 Å². The Bertz CT molecular complexity index is 350. The van der Waals surface area contributed by atoms with Gasteiger partial charge in [0.15, 0.2) is 0 Å². The maximum Gasteiger partial charge on any atom is 0.0195 e. The van der Waals surface area contributed by atoms with Gasteiger partial charge in [-0.15, -0.1) is 0 Å². The van der Waals surface area contributed by atoms with Crippen LogP contribution in [0.1, 0.15) is 44.6 Å². The van der Waals surface area contributed by atoms with Gasteiger partial charge in [-0.05, 0) is 78.3 Å². The largest absolute Gasteiger partial charge is 0.325 e. The quantitative estimate of drug-likeness (QED) is 0.821. The zero-order chi connectivity index (χ0) is 12.3. The van der Waals surface area contributed by atoms with Crippen LogP contribution in [0, 0.1) is 9.49 Å². The van der Waals surface area contributed by atoms with E-state index in [4.69, 9.17) is 5.73 Å². The van der Waals surface area contributed by atoms with E-state index in [9.17, 15) is 0 Å². The van der Waals surface area contributed by atoms with Gasteiger partial charge in [0, 0.05) is 9.11 Å². The summed E-state index contributed by atoms with van der Waals surface area (Å²) in [5, 5.41) is 0. The van der Waals surface area contributed by atoms with Crippen molar-refractivity contribution < 1.29 is 0 Å². The zero-order valence-corrected chi connectivity index (χ0v) is 12.7. The molecule has 2 N–H and O–H groups in total. The summed E-state index contributed by atoms with van der Waals surface area (Å²) >= 11 is 2.35. The Morgan fingerprint density at radius 3 is 2.35 bits per heavy atom. The summed E-state index contributed by atoms with van der Waals surface area (Å²) in [5.74, 6) is 0.920. The Hall–Kier alpha value is -0.0900. The predicted octanol–water partition coefficient (Wildman–Crippen LogP) is 4.13. The lowest BCUT2D eigenvalue weighted by Gasteiger charge is -2.37. The highest BCUT2D eigenvalue weighted by atomic mass is 127. The number of hydrogen-bond acceptors (Lipinski definition) is 1. The van der Waals surface area contributed by atoms with Crippen LogP contribution in [0.5, 0.6) is 0 Å². The number of hydrogen-bond donors (Lipinski definition) is 1. The third-order valence-corrected chi connectivity index (χ3v) is 4.87. The highest BCUT2D eigenvalue weighted by molar-refractivity contribution is 14.1. The van der Waals surface area contributed by atoms with Gasteiger partial charge in [-0.25, -0.2) is 0 Å². The molecule has 94 valence electrons. The van der Waals surface area contributed by atoms with E-state index in [2.05, 4.69) is 53.8 Å². The van der Waals surface area contributed by atoms with E-state index in [-0.39, 0.29) is 5.54 Å². The molecule has 0 unspecified atom stereocenters. The van der Waals surface area contributed by atoms with Crippen LogP contribution in [-0.2, 0) is 6.42 Å². The Morgan fingerprint density at radius 1 is 1.24 bits per heavy atom. The van der Waals surface area contributed by atoms with Crippen molar-refractivity contribution in [2.75, 3.05) is 0 Å². The maximum absolute atomic E-state index is 6.54. The Labute approximate surface area is 118 Å². The fourth-order valence-electron chi connectivity index (χ4n) is 2.85. The van der Waals surface area contributed by atoms with Crippen LogP contribution in [0.3, 0.4) is 0 Å². The summed E-state index contributed by atoms with van der Waals surface area (Å²) in [4.78, 5) is 0. The first kappa shape index (κ1) is 13.3. The summed E-state index contributed by atoms with van der Waals surface area (Å²) in [7, 11) is 0. The molecule has 0 aromatic heterocycles. The second-order valence-corrected chi connectivity index (χ2v) is 6.76. The van der Waals surface area contributed by atoms with Crippen LogP contribution >= 0.6 is 22.6 Å². The normalized spacial score (nSPS) is 29.2. The summed E-state index contributed by atoms with van der Waals surface area (Å²) in [5.41, 5.74) is 7.99. The third kappa shape index (κ3) is 3.68. The fraction of sp³-hybridized carbons (Fsp3) is 0.600. The molecule has 0 spiro atoms. The van der Waals surface area contributed by atoms with E-state index in [1.165, 1.54) is 41.2 Å². The molecule has 0 radical (unpaired) electrons. The molecule has 1 fully saturated rings. The average molecular weight is 343 g/mol. The number of rotatable bonds is 3. The van der Waals surface area contributed by atoms with Crippen molar-refractivity contribution in [1.82, 2.24) is 0 Å². The van der Waals surface area contributed by atoms with Crippen molar-refractivity contribution in [3.63, 3.8) is 0 Å². The van der Waals surface area contributed by atoms with Crippen LogP contribution in [0.4, 0.5) is 0 Å². The molecule has 1 nitrogen and oxygen atoms in total. The van der Waals surface area contributed by atoms with Gasteiger partial charge in [-0.3, -0.25) is 0 Å². The Kier molecular flexibility index (Phi) is 4.47. The van der Waals surface area contributed by atoms with Gasteiger partial charge in [0.05, 0.1) is 0 Å². The van der Waals surface area contributed by atoms with E-state index in [1.54, 1.807) is 0 Å². The van der Waals surface area contributed by atoms with Crippen LogP contribution in [0.25, 0.3) is 0 Å². The molecule has 1 saturated carbocycles. The maximum atomic E-state index is 6.54. The van der Waals surface area contributed by atoms with Crippen LogP contribution in [-0.4, -0.2) is 5.54 Å². The summed E-state index contributed by atoms with van der Waals surface area (Å²) in [6.07, 6.45) is 7.38. The molecule has 0 heterocycles. The molecule has 1 aliphatic carbocycles. The molecule has 0 atom stereocenters. The van der Waals surface area contributed by atoms with Gasteiger partial charge in [0.1, 0.15) is 0 Å². The highest BCUT2D eigenvalue weighted by Gasteiger charge is 2.30. The second-order valence-electron chi connectivity index (χ2n) is 5.52. The van der Waals surface area contributed by atoms with Crippen molar-refractivity contribution in [3.05, 3.63) is 33.4 Å². The SMILES string of the molecule is CCC1CCC(N)(Cc2ccc(I)cc2)CC1. The second kappa shape index (κ2) is 5.70. The lowest BCUT2D eigenvalue weighted by Crippen LogP contribution is -2.45. The number of halogens is 1. The van der Waals surface area contributed by atoms with Gasteiger partial charge >= 0.3 is 0 Å². The van der Waals surface area contributed by atoms with E-state index >= 15 is 0 Å². The summed E-state index contributed by atoms with van der Waals surface area (Å²) < 4.78 is 1.30. The van der Waals surface area contributed by atoms with Gasteiger partial charge < -0.3 is 5.73 Å². The zero-order valence-electron chi connectivity index (χ0n) is 10.6. The van der Waals surface area contributed by atoms with Crippen molar-refractivity contribution in [1.29, 1.82) is 0 Å². The van der Waals surface area contributed by atoms with E-state index in [1.807, 2.05) is 0 Å². The predicted molar refractivity (Wildman–Crippen MR) is 82.0 cm³/mol. The van der Waals surface area contributed by atoms with Crippen molar-refractivity contribution in [2.24, 2.45) is 11.7 Å². The molecule has 1 aromatic carbocycles. The molecule has 1 aromatic rings. The molecule has 0 aliphatic heterocycles. The van der Waals surface area contributed by atoms with Crippen LogP contribution in [0.15, 0.2) is 24.3 Å². The third-order valence-electron chi connectivity index (χ3n) is 4.15. The molecule has 0 saturated heterocycles. The highest BCUT2D eigenvalue weighted by Crippen LogP contribution is 2.34. The average Bonchev–Trinajstić information content (AvgIpc) is 2.33. The molecule has 17 heavy (non-hydrogen) atoms.